The third kappa shape index (κ3) is 2.93. The lowest BCUT2D eigenvalue weighted by Crippen LogP contribution is -2.27. The van der Waals surface area contributed by atoms with Crippen LogP contribution in [0.1, 0.15) is 33.2 Å². The van der Waals surface area contributed by atoms with Gasteiger partial charge < -0.3 is 10.6 Å². The Balaban J connectivity index is 2.16. The number of aryl methyl sites for hydroxylation is 1. The SMILES string of the molecule is CNc1nccc(C(=O)NC(C)c2ncc(C)s2)c1F. The first kappa shape index (κ1) is 14.4. The molecule has 5 nitrogen and oxygen atoms in total. The summed E-state index contributed by atoms with van der Waals surface area (Å²) in [6, 6.07) is 1.08. The van der Waals surface area contributed by atoms with Crippen molar-refractivity contribution in [2.45, 2.75) is 19.9 Å². The van der Waals surface area contributed by atoms with E-state index in [0.29, 0.717) is 0 Å². The quantitative estimate of drug-likeness (QED) is 0.909. The average molecular weight is 294 g/mol. The van der Waals surface area contributed by atoms with Gasteiger partial charge in [0.05, 0.1) is 11.6 Å². The van der Waals surface area contributed by atoms with Crippen LogP contribution in [0, 0.1) is 12.7 Å². The summed E-state index contributed by atoms with van der Waals surface area (Å²) in [6.07, 6.45) is 3.14. The maximum atomic E-state index is 14.0. The zero-order valence-electron chi connectivity index (χ0n) is 11.4. The van der Waals surface area contributed by atoms with E-state index in [2.05, 4.69) is 20.6 Å². The molecule has 0 saturated heterocycles. The lowest BCUT2D eigenvalue weighted by atomic mass is 10.2. The van der Waals surface area contributed by atoms with Crippen LogP contribution in [-0.4, -0.2) is 22.9 Å². The topological polar surface area (TPSA) is 66.9 Å². The number of anilines is 1. The number of rotatable bonds is 4. The average Bonchev–Trinajstić information content (AvgIpc) is 2.85. The second-order valence-corrected chi connectivity index (χ2v) is 5.54. The van der Waals surface area contributed by atoms with Crippen molar-refractivity contribution in [3.8, 4) is 0 Å². The zero-order chi connectivity index (χ0) is 14.7. The van der Waals surface area contributed by atoms with E-state index in [4.69, 9.17) is 0 Å². The van der Waals surface area contributed by atoms with Crippen molar-refractivity contribution >= 4 is 23.1 Å². The highest BCUT2D eigenvalue weighted by molar-refractivity contribution is 7.11. The van der Waals surface area contributed by atoms with Gasteiger partial charge in [-0.2, -0.15) is 0 Å². The summed E-state index contributed by atoms with van der Waals surface area (Å²) in [5.41, 5.74) is -0.0375. The number of carbonyl (C=O) groups excluding carboxylic acids is 1. The Morgan fingerprint density at radius 2 is 2.20 bits per heavy atom. The van der Waals surface area contributed by atoms with Gasteiger partial charge in [-0.1, -0.05) is 0 Å². The summed E-state index contributed by atoms with van der Waals surface area (Å²) in [7, 11) is 1.55. The molecule has 7 heteroatoms. The van der Waals surface area contributed by atoms with Crippen LogP contribution in [0.25, 0.3) is 0 Å². The molecule has 0 bridgehead atoms. The van der Waals surface area contributed by atoms with Gasteiger partial charge >= 0.3 is 0 Å². The molecule has 2 rings (SSSR count). The summed E-state index contributed by atoms with van der Waals surface area (Å²) < 4.78 is 14.0. The van der Waals surface area contributed by atoms with Gasteiger partial charge in [0, 0.05) is 24.3 Å². The second-order valence-electron chi connectivity index (χ2n) is 4.28. The van der Waals surface area contributed by atoms with Crippen LogP contribution in [0.3, 0.4) is 0 Å². The second kappa shape index (κ2) is 5.96. The van der Waals surface area contributed by atoms with E-state index in [1.165, 1.54) is 23.6 Å². The minimum Gasteiger partial charge on any atom is -0.371 e. The Labute approximate surface area is 120 Å². The molecular weight excluding hydrogens is 279 g/mol. The molecular formula is C13H15FN4OS. The Morgan fingerprint density at radius 1 is 1.45 bits per heavy atom. The number of nitrogens with zero attached hydrogens (tertiary/aromatic N) is 2. The molecule has 0 radical (unpaired) electrons. The van der Waals surface area contributed by atoms with Crippen molar-refractivity contribution in [3.05, 3.63) is 39.7 Å². The number of nitrogens with one attached hydrogen (secondary N) is 2. The molecule has 1 amide bonds. The Morgan fingerprint density at radius 3 is 2.80 bits per heavy atom. The first-order valence-electron chi connectivity index (χ1n) is 6.08. The first-order chi connectivity index (χ1) is 9.52. The van der Waals surface area contributed by atoms with Crippen LogP contribution in [0.15, 0.2) is 18.5 Å². The van der Waals surface area contributed by atoms with E-state index in [-0.39, 0.29) is 17.4 Å². The number of thiazole rings is 1. The van der Waals surface area contributed by atoms with Gasteiger partial charge in [-0.15, -0.1) is 11.3 Å². The number of carbonyl (C=O) groups is 1. The highest BCUT2D eigenvalue weighted by atomic mass is 32.1. The van der Waals surface area contributed by atoms with Crippen LogP contribution in [0.4, 0.5) is 10.2 Å². The van der Waals surface area contributed by atoms with Crippen molar-refractivity contribution in [2.24, 2.45) is 0 Å². The predicted octanol–water partition coefficient (Wildman–Crippen LogP) is 2.52. The maximum absolute atomic E-state index is 14.0. The third-order valence-electron chi connectivity index (χ3n) is 2.73. The van der Waals surface area contributed by atoms with Crippen LogP contribution >= 0.6 is 11.3 Å². The Bertz CT molecular complexity index is 629. The lowest BCUT2D eigenvalue weighted by Gasteiger charge is -2.12. The smallest absolute Gasteiger partial charge is 0.255 e. The van der Waals surface area contributed by atoms with Crippen molar-refractivity contribution < 1.29 is 9.18 Å². The highest BCUT2D eigenvalue weighted by Gasteiger charge is 2.19. The summed E-state index contributed by atoms with van der Waals surface area (Å²) in [4.78, 5) is 21.2. The predicted molar refractivity (Wildman–Crippen MR) is 76.5 cm³/mol. The minimum absolute atomic E-state index is 0.0375. The summed E-state index contributed by atoms with van der Waals surface area (Å²) in [5, 5.41) is 6.12. The van der Waals surface area contributed by atoms with Gasteiger partial charge in [0.2, 0.25) is 0 Å². The van der Waals surface area contributed by atoms with Gasteiger partial charge in [0.1, 0.15) is 5.01 Å². The van der Waals surface area contributed by atoms with Crippen LogP contribution < -0.4 is 10.6 Å². The molecule has 0 aliphatic heterocycles. The number of pyridine rings is 1. The van der Waals surface area contributed by atoms with E-state index in [0.717, 1.165) is 9.88 Å². The van der Waals surface area contributed by atoms with Gasteiger partial charge in [-0.25, -0.2) is 14.4 Å². The van der Waals surface area contributed by atoms with E-state index in [9.17, 15) is 9.18 Å². The molecule has 0 aromatic carbocycles. The number of hydrogen-bond donors (Lipinski definition) is 2. The third-order valence-corrected chi connectivity index (χ3v) is 3.82. The zero-order valence-corrected chi connectivity index (χ0v) is 12.2. The molecule has 2 aromatic heterocycles. The number of halogens is 1. The van der Waals surface area contributed by atoms with Gasteiger partial charge in [-0.3, -0.25) is 4.79 Å². The summed E-state index contributed by atoms with van der Waals surface area (Å²) >= 11 is 1.50. The standard InChI is InChI=1S/C13H15FN4OS/c1-7-6-17-13(20-7)8(2)18-12(19)9-4-5-16-11(15-3)10(9)14/h4-6,8H,1-3H3,(H,15,16)(H,18,19). The number of aromatic nitrogens is 2. The maximum Gasteiger partial charge on any atom is 0.255 e. The molecule has 0 aliphatic rings. The van der Waals surface area contributed by atoms with E-state index < -0.39 is 11.7 Å². The molecule has 2 N–H and O–H groups in total. The van der Waals surface area contributed by atoms with Crippen molar-refractivity contribution in [1.82, 2.24) is 15.3 Å². The molecule has 0 saturated carbocycles. The van der Waals surface area contributed by atoms with Crippen LogP contribution in [0.2, 0.25) is 0 Å². The number of hydrogen-bond acceptors (Lipinski definition) is 5. The van der Waals surface area contributed by atoms with Crippen molar-refractivity contribution in [2.75, 3.05) is 12.4 Å². The van der Waals surface area contributed by atoms with E-state index in [1.807, 2.05) is 13.8 Å². The minimum atomic E-state index is -0.657. The van der Waals surface area contributed by atoms with Crippen LogP contribution in [0.5, 0.6) is 0 Å². The molecule has 0 spiro atoms. The Hall–Kier alpha value is -2.02. The highest BCUT2D eigenvalue weighted by Crippen LogP contribution is 2.20. The molecule has 0 aliphatic carbocycles. The molecule has 2 heterocycles. The molecule has 106 valence electrons. The largest absolute Gasteiger partial charge is 0.371 e. The lowest BCUT2D eigenvalue weighted by molar-refractivity contribution is 0.0935. The molecule has 0 fully saturated rings. The normalized spacial score (nSPS) is 12.0. The summed E-state index contributed by atoms with van der Waals surface area (Å²) in [5.74, 6) is -1.09. The molecule has 1 atom stereocenters. The summed E-state index contributed by atoms with van der Waals surface area (Å²) in [6.45, 7) is 3.76. The fraction of sp³-hybridized carbons (Fsp3) is 0.308. The fourth-order valence-electron chi connectivity index (χ4n) is 1.70. The molecule has 20 heavy (non-hydrogen) atoms. The molecule has 2 aromatic rings. The van der Waals surface area contributed by atoms with Gasteiger partial charge in [0.25, 0.3) is 5.91 Å². The van der Waals surface area contributed by atoms with Crippen LogP contribution in [-0.2, 0) is 0 Å². The van der Waals surface area contributed by atoms with E-state index in [1.54, 1.807) is 13.2 Å². The van der Waals surface area contributed by atoms with Crippen molar-refractivity contribution in [1.29, 1.82) is 0 Å². The van der Waals surface area contributed by atoms with Gasteiger partial charge in [0.15, 0.2) is 11.6 Å². The fourth-order valence-corrected chi connectivity index (χ4v) is 2.48. The number of amides is 1. The van der Waals surface area contributed by atoms with Crippen molar-refractivity contribution in [3.63, 3.8) is 0 Å². The van der Waals surface area contributed by atoms with Gasteiger partial charge in [-0.05, 0) is 19.9 Å². The first-order valence-corrected chi connectivity index (χ1v) is 6.90. The van der Waals surface area contributed by atoms with E-state index >= 15 is 0 Å². The Kier molecular flexibility index (Phi) is 4.29. The monoisotopic (exact) mass is 294 g/mol. The molecule has 1 unspecified atom stereocenters.